The Kier molecular flexibility index (Phi) is 3.61. The first-order valence-corrected chi connectivity index (χ1v) is 8.76. The van der Waals surface area contributed by atoms with E-state index in [4.69, 9.17) is 0 Å². The summed E-state index contributed by atoms with van der Waals surface area (Å²) >= 11 is 1.62. The summed E-state index contributed by atoms with van der Waals surface area (Å²) in [5.74, 6) is -0.182. The lowest BCUT2D eigenvalue weighted by Crippen LogP contribution is -2.36. The van der Waals surface area contributed by atoms with E-state index in [1.54, 1.807) is 28.4 Å². The summed E-state index contributed by atoms with van der Waals surface area (Å²) in [7, 11) is 1.82. The smallest absolute Gasteiger partial charge is 0.233 e. The highest BCUT2D eigenvalue weighted by atomic mass is 32.1. The molecule has 3 nitrogen and oxygen atoms in total. The van der Waals surface area contributed by atoms with Gasteiger partial charge in [0.15, 0.2) is 0 Å². The standard InChI is InChI=1S/C19H17FN2OS/c1-22(12-17-21-15-4-2-3-5-16(15)24-17)18(23)19(10-11-19)13-6-8-14(20)9-7-13/h2-9H,10-12H2,1H3. The number of para-hydroxylation sites is 1. The third-order valence-electron chi connectivity index (χ3n) is 4.61. The number of likely N-dealkylation sites (N-methyl/N-ethyl adjacent to an activating group) is 1. The van der Waals surface area contributed by atoms with Crippen LogP contribution in [0, 0.1) is 5.82 Å². The highest BCUT2D eigenvalue weighted by Gasteiger charge is 2.52. The molecule has 4 rings (SSSR count). The van der Waals surface area contributed by atoms with Gasteiger partial charge in [0, 0.05) is 7.05 Å². The van der Waals surface area contributed by atoms with Crippen LogP contribution in [0.15, 0.2) is 48.5 Å². The Balaban J connectivity index is 1.54. The Hall–Kier alpha value is -2.27. The maximum atomic E-state index is 13.1. The number of fused-ring (bicyclic) bond motifs is 1. The largest absolute Gasteiger partial charge is 0.338 e. The molecule has 0 spiro atoms. The SMILES string of the molecule is CN(Cc1nc2ccccc2s1)C(=O)C1(c2ccc(F)cc2)CC1. The van der Waals surface area contributed by atoms with Crippen molar-refractivity contribution in [3.63, 3.8) is 0 Å². The number of benzene rings is 2. The second kappa shape index (κ2) is 5.67. The normalized spacial score (nSPS) is 15.4. The number of hydrogen-bond acceptors (Lipinski definition) is 3. The van der Waals surface area contributed by atoms with Crippen molar-refractivity contribution in [1.82, 2.24) is 9.88 Å². The molecule has 0 unspecified atom stereocenters. The van der Waals surface area contributed by atoms with Crippen LogP contribution in [0.1, 0.15) is 23.4 Å². The van der Waals surface area contributed by atoms with E-state index in [1.807, 2.05) is 31.3 Å². The van der Waals surface area contributed by atoms with Crippen molar-refractivity contribution < 1.29 is 9.18 Å². The predicted molar refractivity (Wildman–Crippen MR) is 93.4 cm³/mol. The Bertz CT molecular complexity index is 866. The molecule has 1 aliphatic rings. The van der Waals surface area contributed by atoms with Gasteiger partial charge in [0.25, 0.3) is 0 Å². The van der Waals surface area contributed by atoms with Gasteiger partial charge in [-0.2, -0.15) is 0 Å². The van der Waals surface area contributed by atoms with E-state index in [0.717, 1.165) is 33.6 Å². The van der Waals surface area contributed by atoms with E-state index >= 15 is 0 Å². The van der Waals surface area contributed by atoms with E-state index in [9.17, 15) is 9.18 Å². The number of aromatic nitrogens is 1. The molecule has 122 valence electrons. The molecule has 1 aromatic heterocycles. The van der Waals surface area contributed by atoms with Crippen LogP contribution < -0.4 is 0 Å². The third kappa shape index (κ3) is 2.59. The highest BCUT2D eigenvalue weighted by Crippen LogP contribution is 2.49. The predicted octanol–water partition coefficient (Wildman–Crippen LogP) is 4.13. The summed E-state index contributed by atoms with van der Waals surface area (Å²) in [6.45, 7) is 0.501. The van der Waals surface area contributed by atoms with Crippen LogP contribution >= 0.6 is 11.3 Å². The summed E-state index contributed by atoms with van der Waals surface area (Å²) in [6, 6.07) is 14.3. The van der Waals surface area contributed by atoms with Gasteiger partial charge in [0.1, 0.15) is 10.8 Å². The zero-order valence-electron chi connectivity index (χ0n) is 13.3. The molecule has 2 aromatic carbocycles. The maximum absolute atomic E-state index is 13.1. The lowest BCUT2D eigenvalue weighted by molar-refractivity contribution is -0.133. The molecule has 0 radical (unpaired) electrons. The van der Waals surface area contributed by atoms with Crippen molar-refractivity contribution >= 4 is 27.5 Å². The number of thiazole rings is 1. The third-order valence-corrected chi connectivity index (χ3v) is 5.63. The molecular weight excluding hydrogens is 323 g/mol. The van der Waals surface area contributed by atoms with Crippen molar-refractivity contribution in [1.29, 1.82) is 0 Å². The Morgan fingerprint density at radius 3 is 2.58 bits per heavy atom. The van der Waals surface area contributed by atoms with E-state index in [-0.39, 0.29) is 11.7 Å². The van der Waals surface area contributed by atoms with Gasteiger partial charge in [-0.1, -0.05) is 24.3 Å². The van der Waals surface area contributed by atoms with Gasteiger partial charge in [-0.3, -0.25) is 4.79 Å². The van der Waals surface area contributed by atoms with Crippen molar-refractivity contribution in [2.45, 2.75) is 24.8 Å². The molecule has 1 heterocycles. The number of carbonyl (C=O) groups is 1. The van der Waals surface area contributed by atoms with Crippen LogP contribution in [0.2, 0.25) is 0 Å². The van der Waals surface area contributed by atoms with Crippen molar-refractivity contribution in [2.75, 3.05) is 7.05 Å². The zero-order chi connectivity index (χ0) is 16.7. The molecule has 1 aliphatic carbocycles. The minimum absolute atomic E-state index is 0.0911. The van der Waals surface area contributed by atoms with Gasteiger partial charge in [0.2, 0.25) is 5.91 Å². The lowest BCUT2D eigenvalue weighted by Gasteiger charge is -2.23. The van der Waals surface area contributed by atoms with Crippen LogP contribution in [-0.2, 0) is 16.8 Å². The molecule has 1 saturated carbocycles. The summed E-state index contributed by atoms with van der Waals surface area (Å²) in [5, 5.41) is 0.932. The van der Waals surface area contributed by atoms with Gasteiger partial charge in [-0.25, -0.2) is 9.37 Å². The number of hydrogen-bond donors (Lipinski definition) is 0. The summed E-state index contributed by atoms with van der Waals surface area (Å²) in [5.41, 5.74) is 1.40. The highest BCUT2D eigenvalue weighted by molar-refractivity contribution is 7.18. The topological polar surface area (TPSA) is 33.2 Å². The Morgan fingerprint density at radius 2 is 1.92 bits per heavy atom. The van der Waals surface area contributed by atoms with Crippen molar-refractivity contribution in [3.8, 4) is 0 Å². The number of carbonyl (C=O) groups excluding carboxylic acids is 1. The number of amides is 1. The Morgan fingerprint density at radius 1 is 1.21 bits per heavy atom. The first kappa shape index (κ1) is 15.3. The molecule has 0 bridgehead atoms. The fourth-order valence-corrected chi connectivity index (χ4v) is 4.17. The summed E-state index contributed by atoms with van der Waals surface area (Å²) in [6.07, 6.45) is 1.64. The van der Waals surface area contributed by atoms with Gasteiger partial charge in [-0.05, 0) is 42.7 Å². The number of rotatable bonds is 4. The van der Waals surface area contributed by atoms with Crippen LogP contribution in [0.3, 0.4) is 0 Å². The van der Waals surface area contributed by atoms with Gasteiger partial charge < -0.3 is 4.90 Å². The zero-order valence-corrected chi connectivity index (χ0v) is 14.1. The van der Waals surface area contributed by atoms with Crippen LogP contribution in [0.5, 0.6) is 0 Å². The van der Waals surface area contributed by atoms with E-state index in [0.29, 0.717) is 6.54 Å². The lowest BCUT2D eigenvalue weighted by atomic mass is 9.94. The molecule has 0 atom stereocenters. The maximum Gasteiger partial charge on any atom is 0.233 e. The number of nitrogens with zero attached hydrogens (tertiary/aromatic N) is 2. The molecule has 5 heteroatoms. The molecule has 1 fully saturated rings. The minimum atomic E-state index is -0.473. The quantitative estimate of drug-likeness (QED) is 0.715. The van der Waals surface area contributed by atoms with Crippen LogP contribution in [0.25, 0.3) is 10.2 Å². The molecule has 0 N–H and O–H groups in total. The van der Waals surface area contributed by atoms with E-state index in [2.05, 4.69) is 4.98 Å². The van der Waals surface area contributed by atoms with Crippen LogP contribution in [-0.4, -0.2) is 22.8 Å². The molecule has 0 aliphatic heterocycles. The first-order valence-electron chi connectivity index (χ1n) is 7.94. The average Bonchev–Trinajstić information content (AvgIpc) is 3.29. The molecular formula is C19H17FN2OS. The van der Waals surface area contributed by atoms with Gasteiger partial charge in [-0.15, -0.1) is 11.3 Å². The second-order valence-corrected chi connectivity index (χ2v) is 7.44. The molecule has 24 heavy (non-hydrogen) atoms. The van der Waals surface area contributed by atoms with Gasteiger partial charge >= 0.3 is 0 Å². The average molecular weight is 340 g/mol. The fourth-order valence-electron chi connectivity index (χ4n) is 3.15. The fraction of sp³-hybridized carbons (Fsp3) is 0.263. The van der Waals surface area contributed by atoms with E-state index in [1.165, 1.54) is 12.1 Å². The summed E-state index contributed by atoms with van der Waals surface area (Å²) in [4.78, 5) is 19.3. The van der Waals surface area contributed by atoms with E-state index < -0.39 is 5.41 Å². The van der Waals surface area contributed by atoms with Crippen LogP contribution in [0.4, 0.5) is 4.39 Å². The number of halogens is 1. The van der Waals surface area contributed by atoms with Crippen molar-refractivity contribution in [2.24, 2.45) is 0 Å². The van der Waals surface area contributed by atoms with Gasteiger partial charge in [0.05, 0.1) is 22.2 Å². The summed E-state index contributed by atoms with van der Waals surface area (Å²) < 4.78 is 14.3. The minimum Gasteiger partial charge on any atom is -0.338 e. The second-order valence-electron chi connectivity index (χ2n) is 6.33. The monoisotopic (exact) mass is 340 g/mol. The molecule has 0 saturated heterocycles. The van der Waals surface area contributed by atoms with Crippen molar-refractivity contribution in [3.05, 3.63) is 64.9 Å². The first-order chi connectivity index (χ1) is 11.6. The molecule has 1 amide bonds. The Labute approximate surface area is 143 Å². The molecule has 3 aromatic rings.